The van der Waals surface area contributed by atoms with Gasteiger partial charge in [-0.3, -0.25) is 9.88 Å². The molecule has 1 saturated heterocycles. The highest BCUT2D eigenvalue weighted by Crippen LogP contribution is 2.24. The third kappa shape index (κ3) is 4.33. The third-order valence-corrected chi connectivity index (χ3v) is 6.08. The molecule has 1 aromatic carbocycles. The first kappa shape index (κ1) is 16.9. The van der Waals surface area contributed by atoms with E-state index in [0.717, 1.165) is 17.0 Å². The molecule has 0 spiro atoms. The van der Waals surface area contributed by atoms with Crippen LogP contribution in [0.2, 0.25) is 0 Å². The number of ether oxygens (including phenoxy) is 1. The predicted molar refractivity (Wildman–Crippen MR) is 93.5 cm³/mol. The summed E-state index contributed by atoms with van der Waals surface area (Å²) in [5.74, 6) is 1.36. The van der Waals surface area contributed by atoms with Crippen LogP contribution in [0.15, 0.2) is 48.7 Å². The van der Waals surface area contributed by atoms with Crippen LogP contribution in [-0.4, -0.2) is 42.9 Å². The van der Waals surface area contributed by atoms with Gasteiger partial charge in [0.25, 0.3) is 0 Å². The van der Waals surface area contributed by atoms with E-state index in [1.165, 1.54) is 0 Å². The summed E-state index contributed by atoms with van der Waals surface area (Å²) in [6, 6.07) is 13.7. The SMILES string of the molecule is CN(Cc1ccccc1OCc1ccccn1)C1CCS(=O)(=O)C1. The quantitative estimate of drug-likeness (QED) is 0.803. The number of nitrogens with zero attached hydrogens (tertiary/aromatic N) is 2. The Bertz CT molecular complexity index is 778. The molecule has 1 atom stereocenters. The van der Waals surface area contributed by atoms with Crippen LogP contribution in [0.4, 0.5) is 0 Å². The van der Waals surface area contributed by atoms with Crippen LogP contribution < -0.4 is 4.74 Å². The Hall–Kier alpha value is -1.92. The average Bonchev–Trinajstić information content (AvgIpc) is 2.95. The van der Waals surface area contributed by atoms with Crippen LogP contribution >= 0.6 is 0 Å². The van der Waals surface area contributed by atoms with Crippen molar-refractivity contribution in [1.29, 1.82) is 0 Å². The van der Waals surface area contributed by atoms with Gasteiger partial charge in [-0.05, 0) is 31.7 Å². The number of para-hydroxylation sites is 1. The van der Waals surface area contributed by atoms with Gasteiger partial charge in [0.1, 0.15) is 12.4 Å². The summed E-state index contributed by atoms with van der Waals surface area (Å²) in [7, 11) is -0.897. The highest BCUT2D eigenvalue weighted by molar-refractivity contribution is 7.91. The molecule has 2 aromatic rings. The van der Waals surface area contributed by atoms with Gasteiger partial charge < -0.3 is 4.74 Å². The lowest BCUT2D eigenvalue weighted by molar-refractivity contribution is 0.243. The molecule has 1 aliphatic heterocycles. The first-order valence-electron chi connectivity index (χ1n) is 8.05. The van der Waals surface area contributed by atoms with E-state index < -0.39 is 9.84 Å². The lowest BCUT2D eigenvalue weighted by atomic mass is 10.1. The zero-order valence-electron chi connectivity index (χ0n) is 13.8. The second-order valence-electron chi connectivity index (χ2n) is 6.19. The van der Waals surface area contributed by atoms with Crippen LogP contribution in [0.3, 0.4) is 0 Å². The molecule has 1 aliphatic rings. The summed E-state index contributed by atoms with van der Waals surface area (Å²) in [6.45, 7) is 1.08. The molecule has 0 N–H and O–H groups in total. The number of benzene rings is 1. The predicted octanol–water partition coefficient (Wildman–Crippen LogP) is 2.28. The summed E-state index contributed by atoms with van der Waals surface area (Å²) in [5.41, 5.74) is 1.93. The standard InChI is InChI=1S/C18H22N2O3S/c1-20(17-9-11-24(21,22)14-17)12-15-6-2-3-8-18(15)23-13-16-7-4-5-10-19-16/h2-8,10,17H,9,11-14H2,1H3. The minimum absolute atomic E-state index is 0.0823. The molecule has 24 heavy (non-hydrogen) atoms. The lowest BCUT2D eigenvalue weighted by Gasteiger charge is -2.24. The molecule has 0 aliphatic carbocycles. The van der Waals surface area contributed by atoms with Crippen LogP contribution in [0.5, 0.6) is 5.75 Å². The third-order valence-electron chi connectivity index (χ3n) is 4.33. The summed E-state index contributed by atoms with van der Waals surface area (Å²) >= 11 is 0. The van der Waals surface area contributed by atoms with E-state index in [1.54, 1.807) is 6.20 Å². The van der Waals surface area contributed by atoms with Crippen LogP contribution in [0.25, 0.3) is 0 Å². The van der Waals surface area contributed by atoms with Crippen molar-refractivity contribution in [2.24, 2.45) is 0 Å². The van der Waals surface area contributed by atoms with E-state index in [9.17, 15) is 8.42 Å². The summed E-state index contributed by atoms with van der Waals surface area (Å²) in [4.78, 5) is 6.37. The summed E-state index contributed by atoms with van der Waals surface area (Å²) < 4.78 is 29.3. The number of aromatic nitrogens is 1. The first-order valence-corrected chi connectivity index (χ1v) is 9.87. The topological polar surface area (TPSA) is 59.5 Å². The van der Waals surface area contributed by atoms with E-state index >= 15 is 0 Å². The van der Waals surface area contributed by atoms with Crippen molar-refractivity contribution in [2.75, 3.05) is 18.6 Å². The summed E-state index contributed by atoms with van der Waals surface area (Å²) in [5, 5.41) is 0. The Morgan fingerprint density at radius 3 is 2.71 bits per heavy atom. The van der Waals surface area contributed by atoms with Crippen molar-refractivity contribution in [2.45, 2.75) is 25.6 Å². The number of pyridine rings is 1. The van der Waals surface area contributed by atoms with E-state index in [-0.39, 0.29) is 11.8 Å². The molecule has 0 radical (unpaired) electrons. The molecule has 0 saturated carbocycles. The number of rotatable bonds is 6. The molecule has 6 heteroatoms. The fourth-order valence-corrected chi connectivity index (χ4v) is 4.74. The molecule has 2 heterocycles. The van der Waals surface area contributed by atoms with Gasteiger partial charge in [-0.25, -0.2) is 8.42 Å². The van der Waals surface area contributed by atoms with Crippen molar-refractivity contribution in [1.82, 2.24) is 9.88 Å². The minimum Gasteiger partial charge on any atom is -0.487 e. The molecule has 1 aromatic heterocycles. The maximum Gasteiger partial charge on any atom is 0.151 e. The highest BCUT2D eigenvalue weighted by atomic mass is 32.2. The first-order chi connectivity index (χ1) is 11.5. The van der Waals surface area contributed by atoms with Gasteiger partial charge in [-0.15, -0.1) is 0 Å². The maximum atomic E-state index is 11.7. The molecule has 1 unspecified atom stereocenters. The summed E-state index contributed by atoms with van der Waals surface area (Å²) in [6.07, 6.45) is 2.45. The van der Waals surface area contributed by atoms with Gasteiger partial charge in [0.15, 0.2) is 9.84 Å². The molecule has 0 bridgehead atoms. The lowest BCUT2D eigenvalue weighted by Crippen LogP contribution is -2.32. The number of hydrogen-bond acceptors (Lipinski definition) is 5. The second-order valence-corrected chi connectivity index (χ2v) is 8.42. The Balaban J connectivity index is 1.65. The van der Waals surface area contributed by atoms with Crippen molar-refractivity contribution >= 4 is 9.84 Å². The van der Waals surface area contributed by atoms with Crippen LogP contribution in [0, 0.1) is 0 Å². The molecule has 1 fully saturated rings. The monoisotopic (exact) mass is 346 g/mol. The Morgan fingerprint density at radius 1 is 1.21 bits per heavy atom. The fourth-order valence-electron chi connectivity index (χ4n) is 2.93. The largest absolute Gasteiger partial charge is 0.487 e. The zero-order valence-corrected chi connectivity index (χ0v) is 14.6. The highest BCUT2D eigenvalue weighted by Gasteiger charge is 2.30. The smallest absolute Gasteiger partial charge is 0.151 e. The van der Waals surface area contributed by atoms with Crippen LogP contribution in [-0.2, 0) is 23.0 Å². The maximum absolute atomic E-state index is 11.7. The van der Waals surface area contributed by atoms with Gasteiger partial charge in [-0.1, -0.05) is 24.3 Å². The van der Waals surface area contributed by atoms with Gasteiger partial charge in [0.05, 0.1) is 17.2 Å². The molecule has 128 valence electrons. The van der Waals surface area contributed by atoms with Gasteiger partial charge >= 0.3 is 0 Å². The van der Waals surface area contributed by atoms with Gasteiger partial charge in [-0.2, -0.15) is 0 Å². The molecule has 5 nitrogen and oxygen atoms in total. The Morgan fingerprint density at radius 2 is 2.00 bits per heavy atom. The Kier molecular flexibility index (Phi) is 5.16. The van der Waals surface area contributed by atoms with Crippen molar-refractivity contribution in [3.63, 3.8) is 0 Å². The molecular formula is C18H22N2O3S. The number of hydrogen-bond donors (Lipinski definition) is 0. The molecule has 3 rings (SSSR count). The van der Waals surface area contributed by atoms with Gasteiger partial charge in [0, 0.05) is 24.3 Å². The normalized spacial score (nSPS) is 19.5. The van der Waals surface area contributed by atoms with E-state index in [4.69, 9.17) is 4.74 Å². The number of sulfone groups is 1. The van der Waals surface area contributed by atoms with Crippen molar-refractivity contribution in [3.05, 3.63) is 59.9 Å². The molecule has 0 amide bonds. The second kappa shape index (κ2) is 7.32. The fraction of sp³-hybridized carbons (Fsp3) is 0.389. The van der Waals surface area contributed by atoms with Crippen LogP contribution in [0.1, 0.15) is 17.7 Å². The minimum atomic E-state index is -2.87. The Labute approximate surface area is 143 Å². The van der Waals surface area contributed by atoms with E-state index in [1.807, 2.05) is 49.5 Å². The van der Waals surface area contributed by atoms with Gasteiger partial charge in [0.2, 0.25) is 0 Å². The van der Waals surface area contributed by atoms with Crippen molar-refractivity contribution in [3.8, 4) is 5.75 Å². The van der Waals surface area contributed by atoms with Crippen molar-refractivity contribution < 1.29 is 13.2 Å². The zero-order chi connectivity index (χ0) is 17.0. The average molecular weight is 346 g/mol. The van der Waals surface area contributed by atoms with E-state index in [2.05, 4.69) is 9.88 Å². The molecular weight excluding hydrogens is 324 g/mol. The van der Waals surface area contributed by atoms with E-state index in [0.29, 0.717) is 25.3 Å².